The van der Waals surface area contributed by atoms with Gasteiger partial charge in [-0.15, -0.1) is 0 Å². The van der Waals surface area contributed by atoms with Gasteiger partial charge in [0.2, 0.25) is 0 Å². The van der Waals surface area contributed by atoms with Crippen LogP contribution in [0.4, 0.5) is 0 Å². The number of aliphatic carboxylic acids is 2. The minimum atomic E-state index is -2.27. The third-order valence-electron chi connectivity index (χ3n) is 2.26. The van der Waals surface area contributed by atoms with Crippen LogP contribution in [-0.4, -0.2) is 38.2 Å². The van der Waals surface area contributed by atoms with Gasteiger partial charge >= 0.3 is 11.9 Å². The summed E-state index contributed by atoms with van der Waals surface area (Å²) in [7, 11) is 0. The Morgan fingerprint density at radius 1 is 1.27 bits per heavy atom. The van der Waals surface area contributed by atoms with Gasteiger partial charge in [-0.1, -0.05) is 6.92 Å². The molecule has 0 aromatic rings. The highest BCUT2D eigenvalue weighted by Crippen LogP contribution is 2.24. The molecule has 0 aliphatic heterocycles. The molecule has 88 valence electrons. The maximum absolute atomic E-state index is 10.7. The number of carboxylic acids is 2. The van der Waals surface area contributed by atoms with Crippen molar-refractivity contribution < 1.29 is 30.0 Å². The van der Waals surface area contributed by atoms with Gasteiger partial charge in [0.1, 0.15) is 5.92 Å². The second-order valence-corrected chi connectivity index (χ2v) is 3.41. The van der Waals surface area contributed by atoms with Crippen LogP contribution in [0.25, 0.3) is 0 Å². The quantitative estimate of drug-likeness (QED) is 0.450. The van der Waals surface area contributed by atoms with Crippen LogP contribution in [0.5, 0.6) is 0 Å². The minimum Gasteiger partial charge on any atom is -0.481 e. The molecule has 1 atom stereocenters. The Hall–Kier alpha value is -1.14. The highest BCUT2D eigenvalue weighted by molar-refractivity contribution is 5.71. The van der Waals surface area contributed by atoms with Crippen LogP contribution in [0.15, 0.2) is 0 Å². The van der Waals surface area contributed by atoms with E-state index < -0.39 is 23.6 Å². The number of rotatable bonds is 7. The van der Waals surface area contributed by atoms with Crippen LogP contribution in [0, 0.1) is 5.92 Å². The van der Waals surface area contributed by atoms with Crippen LogP contribution in [0.3, 0.4) is 0 Å². The van der Waals surface area contributed by atoms with Gasteiger partial charge in [-0.05, 0) is 19.3 Å². The number of hydrogen-bond donors (Lipinski definition) is 4. The standard InChI is InChI=1S/C9H16O6/c1-2-9(14,15)6(8(12)13)4-3-5-7(10)11/h6,14-15H,2-5H2,1H3,(H,10,11)(H,12,13). The van der Waals surface area contributed by atoms with E-state index in [9.17, 15) is 19.8 Å². The van der Waals surface area contributed by atoms with Crippen molar-refractivity contribution in [1.29, 1.82) is 0 Å². The maximum Gasteiger partial charge on any atom is 0.311 e. The van der Waals surface area contributed by atoms with Crippen LogP contribution < -0.4 is 0 Å². The van der Waals surface area contributed by atoms with Gasteiger partial charge in [0, 0.05) is 6.42 Å². The van der Waals surface area contributed by atoms with Crippen molar-refractivity contribution in [1.82, 2.24) is 0 Å². The highest BCUT2D eigenvalue weighted by Gasteiger charge is 2.37. The molecule has 0 bridgehead atoms. The van der Waals surface area contributed by atoms with Crippen molar-refractivity contribution in [2.45, 2.75) is 38.4 Å². The van der Waals surface area contributed by atoms with Crippen LogP contribution in [-0.2, 0) is 9.59 Å². The van der Waals surface area contributed by atoms with Crippen molar-refractivity contribution in [3.05, 3.63) is 0 Å². The molecular weight excluding hydrogens is 204 g/mol. The average molecular weight is 220 g/mol. The number of aliphatic hydroxyl groups is 2. The average Bonchev–Trinajstić information content (AvgIpc) is 2.11. The van der Waals surface area contributed by atoms with Crippen LogP contribution in [0.2, 0.25) is 0 Å². The van der Waals surface area contributed by atoms with Gasteiger partial charge in [-0.25, -0.2) is 0 Å². The Morgan fingerprint density at radius 2 is 1.80 bits per heavy atom. The number of carboxylic acid groups (broad SMARTS) is 2. The Kier molecular flexibility index (Phi) is 5.24. The van der Waals surface area contributed by atoms with Crippen molar-refractivity contribution >= 4 is 11.9 Å². The van der Waals surface area contributed by atoms with Gasteiger partial charge in [-0.3, -0.25) is 9.59 Å². The van der Waals surface area contributed by atoms with Gasteiger partial charge in [0.15, 0.2) is 5.79 Å². The molecular formula is C9H16O6. The Labute approximate surface area is 87.2 Å². The lowest BCUT2D eigenvalue weighted by Crippen LogP contribution is -2.41. The fourth-order valence-electron chi connectivity index (χ4n) is 1.26. The minimum absolute atomic E-state index is 0.0670. The summed E-state index contributed by atoms with van der Waals surface area (Å²) >= 11 is 0. The van der Waals surface area contributed by atoms with Gasteiger partial charge < -0.3 is 20.4 Å². The Balaban J connectivity index is 4.30. The summed E-state index contributed by atoms with van der Waals surface area (Å²) in [4.78, 5) is 20.9. The largest absolute Gasteiger partial charge is 0.481 e. The molecule has 1 unspecified atom stereocenters. The Bertz CT molecular complexity index is 235. The summed E-state index contributed by atoms with van der Waals surface area (Å²) in [5.74, 6) is -5.98. The fraction of sp³-hybridized carbons (Fsp3) is 0.778. The second-order valence-electron chi connectivity index (χ2n) is 3.41. The molecule has 0 aromatic heterocycles. The summed E-state index contributed by atoms with van der Waals surface area (Å²) < 4.78 is 0. The number of hydrogen-bond acceptors (Lipinski definition) is 4. The lowest BCUT2D eigenvalue weighted by Gasteiger charge is -2.26. The highest BCUT2D eigenvalue weighted by atomic mass is 16.5. The first-order valence-corrected chi connectivity index (χ1v) is 4.70. The molecule has 0 saturated carbocycles. The Morgan fingerprint density at radius 3 is 2.13 bits per heavy atom. The number of carbonyl (C=O) groups is 2. The predicted molar refractivity (Wildman–Crippen MR) is 50.1 cm³/mol. The molecule has 4 N–H and O–H groups in total. The predicted octanol–water partition coefficient (Wildman–Crippen LogP) is 0.0330. The first-order valence-electron chi connectivity index (χ1n) is 4.70. The van der Waals surface area contributed by atoms with E-state index in [0.29, 0.717) is 0 Å². The zero-order valence-corrected chi connectivity index (χ0v) is 8.51. The van der Waals surface area contributed by atoms with Gasteiger partial charge in [-0.2, -0.15) is 0 Å². The third kappa shape index (κ3) is 4.75. The van der Waals surface area contributed by atoms with E-state index in [4.69, 9.17) is 10.2 Å². The van der Waals surface area contributed by atoms with E-state index in [1.165, 1.54) is 6.92 Å². The summed E-state index contributed by atoms with van der Waals surface area (Å²) in [6.07, 6.45) is -0.252. The van der Waals surface area contributed by atoms with E-state index >= 15 is 0 Å². The summed E-state index contributed by atoms with van der Waals surface area (Å²) in [5.41, 5.74) is 0. The van der Waals surface area contributed by atoms with E-state index in [1.54, 1.807) is 0 Å². The van der Waals surface area contributed by atoms with E-state index in [1.807, 2.05) is 0 Å². The van der Waals surface area contributed by atoms with Gasteiger partial charge in [0.05, 0.1) is 0 Å². The lowest BCUT2D eigenvalue weighted by molar-refractivity contribution is -0.212. The van der Waals surface area contributed by atoms with Crippen molar-refractivity contribution in [3.63, 3.8) is 0 Å². The van der Waals surface area contributed by atoms with Crippen molar-refractivity contribution in [2.24, 2.45) is 5.92 Å². The lowest BCUT2D eigenvalue weighted by atomic mass is 9.91. The van der Waals surface area contributed by atoms with Crippen molar-refractivity contribution in [2.75, 3.05) is 0 Å². The first kappa shape index (κ1) is 13.9. The maximum atomic E-state index is 10.7. The van der Waals surface area contributed by atoms with E-state index in [0.717, 1.165) is 0 Å². The molecule has 0 spiro atoms. The topological polar surface area (TPSA) is 115 Å². The summed E-state index contributed by atoms with van der Waals surface area (Å²) in [6.45, 7) is 1.45. The zero-order valence-electron chi connectivity index (χ0n) is 8.51. The molecule has 0 amide bonds. The molecule has 0 radical (unpaired) electrons. The fourth-order valence-corrected chi connectivity index (χ4v) is 1.26. The smallest absolute Gasteiger partial charge is 0.311 e. The van der Waals surface area contributed by atoms with E-state index in [-0.39, 0.29) is 25.7 Å². The molecule has 0 aliphatic carbocycles. The molecule has 0 fully saturated rings. The molecule has 0 saturated heterocycles. The zero-order chi connectivity index (χ0) is 12.1. The van der Waals surface area contributed by atoms with Crippen molar-refractivity contribution in [3.8, 4) is 0 Å². The molecule has 0 aromatic carbocycles. The third-order valence-corrected chi connectivity index (χ3v) is 2.26. The molecule has 15 heavy (non-hydrogen) atoms. The summed E-state index contributed by atoms with van der Waals surface area (Å²) in [6, 6.07) is 0. The molecule has 6 heteroatoms. The van der Waals surface area contributed by atoms with Crippen LogP contribution in [0.1, 0.15) is 32.6 Å². The molecule has 0 heterocycles. The molecule has 0 aliphatic rings. The van der Waals surface area contributed by atoms with E-state index in [2.05, 4.69) is 0 Å². The normalized spacial score (nSPS) is 13.5. The summed E-state index contributed by atoms with van der Waals surface area (Å²) in [5, 5.41) is 35.8. The van der Waals surface area contributed by atoms with Crippen LogP contribution >= 0.6 is 0 Å². The second kappa shape index (κ2) is 5.67. The van der Waals surface area contributed by atoms with Gasteiger partial charge in [0.25, 0.3) is 0 Å². The first-order chi connectivity index (χ1) is 6.81. The molecule has 0 rings (SSSR count). The SMILES string of the molecule is CCC(O)(O)C(CCCC(=O)O)C(=O)O. The molecule has 6 nitrogen and oxygen atoms in total. The monoisotopic (exact) mass is 220 g/mol.